The number of likely N-dealkylation sites (tertiary alicyclic amines) is 1. The molecule has 2 amide bonds. The molecule has 6 nitrogen and oxygen atoms in total. The molecule has 2 aromatic carbocycles. The molecule has 8 heteroatoms. The average molecular weight is 481 g/mol. The van der Waals surface area contributed by atoms with E-state index in [2.05, 4.69) is 16.4 Å². The molecule has 2 aromatic heterocycles. The maximum Gasteiger partial charge on any atom is 0.255 e. The Bertz CT molecular complexity index is 1390. The number of nitrogens with one attached hydrogen (secondary N) is 2. The lowest BCUT2D eigenvalue weighted by Crippen LogP contribution is -2.36. The summed E-state index contributed by atoms with van der Waals surface area (Å²) in [6.07, 6.45) is 3.69. The van der Waals surface area contributed by atoms with E-state index in [9.17, 15) is 9.59 Å². The number of halogens is 2. The van der Waals surface area contributed by atoms with Gasteiger partial charge in [0.25, 0.3) is 5.91 Å². The van der Waals surface area contributed by atoms with Crippen molar-refractivity contribution in [3.63, 3.8) is 0 Å². The third-order valence-corrected chi connectivity index (χ3v) is 7.04. The molecule has 2 N–H and O–H groups in total. The number of carbonyl (C=O) groups is 2. The molecule has 0 unspecified atom stereocenters. The summed E-state index contributed by atoms with van der Waals surface area (Å²) in [4.78, 5) is 34.3. The second-order valence-electron chi connectivity index (χ2n) is 8.40. The van der Waals surface area contributed by atoms with Crippen LogP contribution in [0.5, 0.6) is 0 Å². The van der Waals surface area contributed by atoms with Crippen LogP contribution in [-0.4, -0.2) is 39.8 Å². The molecule has 0 radical (unpaired) electrons. The van der Waals surface area contributed by atoms with Crippen LogP contribution in [0, 0.1) is 0 Å². The summed E-state index contributed by atoms with van der Waals surface area (Å²) in [5.74, 6) is 0.198. The quantitative estimate of drug-likeness (QED) is 0.377. The number of aromatic nitrogens is 2. The fourth-order valence-electron chi connectivity index (χ4n) is 4.45. The SMILES string of the molecule is CC(=O)N1CCC(c2cc3c(cn2)[nH]c2ccc(NC(=O)c4ccc(Cl)c(Cl)c4)cc23)CC1. The number of anilines is 1. The van der Waals surface area contributed by atoms with E-state index in [1.54, 1.807) is 25.1 Å². The minimum Gasteiger partial charge on any atom is -0.353 e. The zero-order chi connectivity index (χ0) is 23.1. The van der Waals surface area contributed by atoms with Gasteiger partial charge in [-0.05, 0) is 55.3 Å². The second kappa shape index (κ2) is 8.69. The fourth-order valence-corrected chi connectivity index (χ4v) is 4.75. The number of piperidine rings is 1. The second-order valence-corrected chi connectivity index (χ2v) is 9.22. The number of aromatic amines is 1. The van der Waals surface area contributed by atoms with Gasteiger partial charge in [0.2, 0.25) is 5.91 Å². The zero-order valence-electron chi connectivity index (χ0n) is 18.0. The van der Waals surface area contributed by atoms with Crippen molar-refractivity contribution < 1.29 is 9.59 Å². The van der Waals surface area contributed by atoms with Gasteiger partial charge < -0.3 is 15.2 Å². The number of amides is 2. The van der Waals surface area contributed by atoms with Crippen molar-refractivity contribution >= 4 is 62.5 Å². The van der Waals surface area contributed by atoms with Crippen LogP contribution >= 0.6 is 23.2 Å². The Balaban J connectivity index is 1.42. The Morgan fingerprint density at radius 3 is 2.48 bits per heavy atom. The Labute approximate surface area is 200 Å². The minimum atomic E-state index is -0.257. The summed E-state index contributed by atoms with van der Waals surface area (Å²) in [5.41, 5.74) is 4.09. The Morgan fingerprint density at radius 1 is 1.00 bits per heavy atom. The van der Waals surface area contributed by atoms with E-state index in [4.69, 9.17) is 28.2 Å². The molecule has 33 heavy (non-hydrogen) atoms. The van der Waals surface area contributed by atoms with Gasteiger partial charge >= 0.3 is 0 Å². The first-order valence-electron chi connectivity index (χ1n) is 10.8. The largest absolute Gasteiger partial charge is 0.353 e. The molecule has 0 saturated carbocycles. The number of hydrogen-bond acceptors (Lipinski definition) is 3. The highest BCUT2D eigenvalue weighted by atomic mass is 35.5. The van der Waals surface area contributed by atoms with E-state index in [1.165, 1.54) is 0 Å². The summed E-state index contributed by atoms with van der Waals surface area (Å²) < 4.78 is 0. The van der Waals surface area contributed by atoms with Gasteiger partial charge in [-0.2, -0.15) is 0 Å². The number of H-pyrrole nitrogens is 1. The zero-order valence-corrected chi connectivity index (χ0v) is 19.5. The predicted octanol–water partition coefficient (Wildman–Crippen LogP) is 6.00. The highest BCUT2D eigenvalue weighted by Crippen LogP contribution is 2.33. The van der Waals surface area contributed by atoms with Gasteiger partial charge in [-0.1, -0.05) is 23.2 Å². The Morgan fingerprint density at radius 2 is 1.76 bits per heavy atom. The van der Waals surface area contributed by atoms with Gasteiger partial charge in [0, 0.05) is 59.2 Å². The summed E-state index contributed by atoms with van der Waals surface area (Å²) in [7, 11) is 0. The van der Waals surface area contributed by atoms with Crippen LogP contribution in [0.25, 0.3) is 21.8 Å². The van der Waals surface area contributed by atoms with Crippen LogP contribution in [-0.2, 0) is 4.79 Å². The topological polar surface area (TPSA) is 78.1 Å². The summed E-state index contributed by atoms with van der Waals surface area (Å²) in [6, 6.07) is 12.7. The molecule has 168 valence electrons. The number of pyridine rings is 1. The monoisotopic (exact) mass is 480 g/mol. The van der Waals surface area contributed by atoms with Crippen LogP contribution < -0.4 is 5.32 Å². The molecule has 1 aliphatic rings. The molecule has 4 aromatic rings. The minimum absolute atomic E-state index is 0.129. The van der Waals surface area contributed by atoms with Crippen molar-refractivity contribution in [2.24, 2.45) is 0 Å². The Hall–Kier alpha value is -3.09. The van der Waals surface area contributed by atoms with Gasteiger partial charge in [-0.3, -0.25) is 14.6 Å². The molecule has 1 saturated heterocycles. The van der Waals surface area contributed by atoms with E-state index in [0.717, 1.165) is 53.4 Å². The maximum atomic E-state index is 12.7. The van der Waals surface area contributed by atoms with Crippen molar-refractivity contribution in [1.29, 1.82) is 0 Å². The Kier molecular flexibility index (Phi) is 5.72. The molecule has 0 aliphatic carbocycles. The number of rotatable bonds is 3. The van der Waals surface area contributed by atoms with Crippen molar-refractivity contribution in [3.05, 3.63) is 70.0 Å². The van der Waals surface area contributed by atoms with Gasteiger partial charge in [0.05, 0.1) is 21.8 Å². The first kappa shape index (κ1) is 21.7. The average Bonchev–Trinajstić information content (AvgIpc) is 3.18. The van der Waals surface area contributed by atoms with E-state index < -0.39 is 0 Å². The van der Waals surface area contributed by atoms with Crippen molar-refractivity contribution in [2.45, 2.75) is 25.7 Å². The van der Waals surface area contributed by atoms with Crippen LogP contribution in [0.3, 0.4) is 0 Å². The first-order chi connectivity index (χ1) is 15.9. The maximum absolute atomic E-state index is 12.7. The molecule has 1 aliphatic heterocycles. The third-order valence-electron chi connectivity index (χ3n) is 6.30. The molecule has 1 fully saturated rings. The number of benzene rings is 2. The van der Waals surface area contributed by atoms with Gasteiger partial charge in [-0.25, -0.2) is 0 Å². The van der Waals surface area contributed by atoms with E-state index in [-0.39, 0.29) is 11.8 Å². The van der Waals surface area contributed by atoms with Gasteiger partial charge in [-0.15, -0.1) is 0 Å². The molecule has 0 bridgehead atoms. The standard InChI is InChI=1S/C25H22Cl2N4O2/c1-14(32)31-8-6-15(7-9-31)23-12-19-18-11-17(3-5-22(18)30-24(19)13-28-23)29-25(33)16-2-4-20(26)21(27)10-16/h2-5,10-13,15,30H,6-9H2,1H3,(H,29,33). The molecular weight excluding hydrogens is 459 g/mol. The number of fused-ring (bicyclic) bond motifs is 3. The lowest BCUT2D eigenvalue weighted by atomic mass is 9.92. The highest BCUT2D eigenvalue weighted by molar-refractivity contribution is 6.42. The summed E-state index contributed by atoms with van der Waals surface area (Å²) in [6.45, 7) is 3.14. The van der Waals surface area contributed by atoms with Crippen molar-refractivity contribution in [2.75, 3.05) is 18.4 Å². The molecular formula is C25H22Cl2N4O2. The fraction of sp³-hybridized carbons (Fsp3) is 0.240. The van der Waals surface area contributed by atoms with Crippen molar-refractivity contribution in [1.82, 2.24) is 14.9 Å². The first-order valence-corrected chi connectivity index (χ1v) is 11.6. The number of nitrogens with zero attached hydrogens (tertiary/aromatic N) is 2. The molecule has 0 spiro atoms. The predicted molar refractivity (Wildman–Crippen MR) is 132 cm³/mol. The van der Waals surface area contributed by atoms with Crippen LogP contribution in [0.1, 0.15) is 41.7 Å². The van der Waals surface area contributed by atoms with E-state index >= 15 is 0 Å². The van der Waals surface area contributed by atoms with Crippen LogP contribution in [0.2, 0.25) is 10.0 Å². The summed E-state index contributed by atoms with van der Waals surface area (Å²) in [5, 5.41) is 5.76. The summed E-state index contributed by atoms with van der Waals surface area (Å²) >= 11 is 12.0. The third kappa shape index (κ3) is 4.28. The lowest BCUT2D eigenvalue weighted by Gasteiger charge is -2.31. The smallest absolute Gasteiger partial charge is 0.255 e. The molecule has 3 heterocycles. The van der Waals surface area contributed by atoms with Crippen LogP contribution in [0.15, 0.2) is 48.7 Å². The normalized spacial score (nSPS) is 14.7. The van der Waals surface area contributed by atoms with Crippen LogP contribution in [0.4, 0.5) is 5.69 Å². The van der Waals surface area contributed by atoms with E-state index in [1.807, 2.05) is 29.3 Å². The molecule has 0 atom stereocenters. The number of hydrogen-bond donors (Lipinski definition) is 2. The molecule has 5 rings (SSSR count). The number of carbonyl (C=O) groups excluding carboxylic acids is 2. The van der Waals surface area contributed by atoms with E-state index in [0.29, 0.717) is 27.2 Å². The lowest BCUT2D eigenvalue weighted by molar-refractivity contribution is -0.129. The van der Waals surface area contributed by atoms with Gasteiger partial charge in [0.15, 0.2) is 0 Å². The van der Waals surface area contributed by atoms with Crippen molar-refractivity contribution in [3.8, 4) is 0 Å². The highest BCUT2D eigenvalue weighted by Gasteiger charge is 2.23. The van der Waals surface area contributed by atoms with Gasteiger partial charge in [0.1, 0.15) is 0 Å².